The van der Waals surface area contributed by atoms with Crippen molar-refractivity contribution in [1.82, 2.24) is 4.98 Å². The molecule has 0 aliphatic carbocycles. The van der Waals surface area contributed by atoms with Crippen LogP contribution in [0.25, 0.3) is 0 Å². The SMILES string of the molecule is OCc1csc(N(Cc2ccccc2)Cc2ccccc2)n1. The number of anilines is 1. The maximum absolute atomic E-state index is 9.24. The first-order valence-electron chi connectivity index (χ1n) is 7.23. The minimum Gasteiger partial charge on any atom is -0.390 e. The molecule has 3 aromatic rings. The summed E-state index contributed by atoms with van der Waals surface area (Å²) in [6.07, 6.45) is 0. The molecule has 0 aliphatic rings. The fourth-order valence-electron chi connectivity index (χ4n) is 2.31. The van der Waals surface area contributed by atoms with Gasteiger partial charge in [-0.1, -0.05) is 60.7 Å². The Morgan fingerprint density at radius 2 is 1.41 bits per heavy atom. The number of hydrogen-bond acceptors (Lipinski definition) is 4. The summed E-state index contributed by atoms with van der Waals surface area (Å²) in [5, 5.41) is 12.1. The van der Waals surface area contributed by atoms with Gasteiger partial charge >= 0.3 is 0 Å². The quantitative estimate of drug-likeness (QED) is 0.751. The minimum absolute atomic E-state index is 0.0129. The van der Waals surface area contributed by atoms with Crippen molar-refractivity contribution in [1.29, 1.82) is 0 Å². The van der Waals surface area contributed by atoms with E-state index in [9.17, 15) is 5.11 Å². The number of thiazole rings is 1. The van der Waals surface area contributed by atoms with Gasteiger partial charge in [0.05, 0.1) is 12.3 Å². The summed E-state index contributed by atoms with van der Waals surface area (Å²) in [6, 6.07) is 20.8. The average Bonchev–Trinajstić information content (AvgIpc) is 3.05. The van der Waals surface area contributed by atoms with Crippen LogP contribution in [0.5, 0.6) is 0 Å². The molecule has 4 heteroatoms. The Morgan fingerprint density at radius 1 is 0.864 bits per heavy atom. The van der Waals surface area contributed by atoms with E-state index < -0.39 is 0 Å². The van der Waals surface area contributed by atoms with Crippen molar-refractivity contribution in [2.24, 2.45) is 0 Å². The van der Waals surface area contributed by atoms with Gasteiger partial charge < -0.3 is 10.0 Å². The number of nitrogens with zero attached hydrogens (tertiary/aromatic N) is 2. The van der Waals surface area contributed by atoms with E-state index >= 15 is 0 Å². The van der Waals surface area contributed by atoms with E-state index in [-0.39, 0.29) is 6.61 Å². The first-order valence-corrected chi connectivity index (χ1v) is 8.11. The number of aromatic nitrogens is 1. The molecule has 0 unspecified atom stereocenters. The van der Waals surface area contributed by atoms with Gasteiger partial charge in [-0.2, -0.15) is 0 Å². The molecular weight excluding hydrogens is 292 g/mol. The highest BCUT2D eigenvalue weighted by atomic mass is 32.1. The number of aliphatic hydroxyl groups is 1. The van der Waals surface area contributed by atoms with E-state index in [1.165, 1.54) is 11.1 Å². The fraction of sp³-hybridized carbons (Fsp3) is 0.167. The smallest absolute Gasteiger partial charge is 0.186 e. The normalized spacial score (nSPS) is 10.6. The van der Waals surface area contributed by atoms with Crippen LogP contribution in [0, 0.1) is 0 Å². The van der Waals surface area contributed by atoms with Crippen molar-refractivity contribution < 1.29 is 5.11 Å². The first-order chi connectivity index (χ1) is 10.8. The van der Waals surface area contributed by atoms with Crippen molar-refractivity contribution in [2.45, 2.75) is 19.7 Å². The molecule has 0 fully saturated rings. The summed E-state index contributed by atoms with van der Waals surface area (Å²) >= 11 is 1.58. The van der Waals surface area contributed by atoms with Gasteiger partial charge in [0.25, 0.3) is 0 Å². The van der Waals surface area contributed by atoms with E-state index in [4.69, 9.17) is 0 Å². The second kappa shape index (κ2) is 7.20. The molecule has 1 N–H and O–H groups in total. The standard InChI is InChI=1S/C18H18N2OS/c21-13-17-14-22-18(19-17)20(11-15-7-3-1-4-8-15)12-16-9-5-2-6-10-16/h1-10,14,21H,11-13H2. The molecular formula is C18H18N2OS. The Bertz CT molecular complexity index is 656. The minimum atomic E-state index is -0.0129. The molecule has 0 atom stereocenters. The predicted molar refractivity (Wildman–Crippen MR) is 90.8 cm³/mol. The Labute approximate surface area is 134 Å². The van der Waals surface area contributed by atoms with Crippen molar-refractivity contribution in [3.05, 3.63) is 82.9 Å². The molecule has 3 rings (SSSR count). The molecule has 112 valence electrons. The van der Waals surface area contributed by atoms with Crippen LogP contribution < -0.4 is 4.90 Å². The number of hydrogen-bond donors (Lipinski definition) is 1. The highest BCUT2D eigenvalue weighted by Gasteiger charge is 2.12. The molecule has 0 bridgehead atoms. The lowest BCUT2D eigenvalue weighted by molar-refractivity contribution is 0.277. The van der Waals surface area contributed by atoms with Crippen LogP contribution in [-0.2, 0) is 19.7 Å². The Kier molecular flexibility index (Phi) is 4.83. The summed E-state index contributed by atoms with van der Waals surface area (Å²) < 4.78 is 0. The van der Waals surface area contributed by atoms with Gasteiger partial charge in [-0.15, -0.1) is 11.3 Å². The topological polar surface area (TPSA) is 36.4 Å². The van der Waals surface area contributed by atoms with Crippen LogP contribution >= 0.6 is 11.3 Å². The van der Waals surface area contributed by atoms with E-state index in [0.29, 0.717) is 0 Å². The van der Waals surface area contributed by atoms with Crippen LogP contribution in [0.1, 0.15) is 16.8 Å². The lowest BCUT2D eigenvalue weighted by atomic mass is 10.2. The van der Waals surface area contributed by atoms with Gasteiger partial charge in [0, 0.05) is 18.5 Å². The molecule has 0 saturated carbocycles. The summed E-state index contributed by atoms with van der Waals surface area (Å²) in [5.74, 6) is 0. The van der Waals surface area contributed by atoms with E-state index in [1.54, 1.807) is 11.3 Å². The van der Waals surface area contributed by atoms with Gasteiger partial charge in [0.2, 0.25) is 0 Å². The number of rotatable bonds is 6. The molecule has 0 amide bonds. The Hall–Kier alpha value is -2.17. The summed E-state index contributed by atoms with van der Waals surface area (Å²) in [6.45, 7) is 1.59. The molecule has 2 aromatic carbocycles. The van der Waals surface area contributed by atoms with Crippen molar-refractivity contribution in [3.63, 3.8) is 0 Å². The lowest BCUT2D eigenvalue weighted by Gasteiger charge is -2.22. The highest BCUT2D eigenvalue weighted by Crippen LogP contribution is 2.24. The third-order valence-electron chi connectivity index (χ3n) is 3.40. The molecule has 0 radical (unpaired) electrons. The van der Waals surface area contributed by atoms with Crippen LogP contribution in [0.4, 0.5) is 5.13 Å². The average molecular weight is 310 g/mol. The van der Waals surface area contributed by atoms with E-state index in [1.807, 2.05) is 17.5 Å². The molecule has 3 nitrogen and oxygen atoms in total. The first kappa shape index (κ1) is 14.8. The third-order valence-corrected chi connectivity index (χ3v) is 4.35. The zero-order chi connectivity index (χ0) is 15.2. The lowest BCUT2D eigenvalue weighted by Crippen LogP contribution is -2.22. The van der Waals surface area contributed by atoms with Crippen LogP contribution in [0.15, 0.2) is 66.0 Å². The number of benzene rings is 2. The maximum atomic E-state index is 9.24. The zero-order valence-corrected chi connectivity index (χ0v) is 13.0. The molecule has 0 saturated heterocycles. The Morgan fingerprint density at radius 3 is 1.86 bits per heavy atom. The second-order valence-corrected chi connectivity index (χ2v) is 5.94. The van der Waals surface area contributed by atoms with Gasteiger partial charge in [0.15, 0.2) is 5.13 Å². The molecule has 1 heterocycles. The van der Waals surface area contributed by atoms with Crippen LogP contribution in [-0.4, -0.2) is 10.1 Å². The van der Waals surface area contributed by atoms with Gasteiger partial charge in [-0.25, -0.2) is 4.98 Å². The van der Waals surface area contributed by atoms with E-state index in [2.05, 4.69) is 58.4 Å². The maximum Gasteiger partial charge on any atom is 0.186 e. The molecule has 0 spiro atoms. The van der Waals surface area contributed by atoms with Crippen molar-refractivity contribution in [2.75, 3.05) is 4.90 Å². The highest BCUT2D eigenvalue weighted by molar-refractivity contribution is 7.13. The van der Waals surface area contributed by atoms with Crippen molar-refractivity contribution >= 4 is 16.5 Å². The Balaban J connectivity index is 1.84. The molecule has 22 heavy (non-hydrogen) atoms. The van der Waals surface area contributed by atoms with Crippen LogP contribution in [0.2, 0.25) is 0 Å². The van der Waals surface area contributed by atoms with E-state index in [0.717, 1.165) is 23.9 Å². The fourth-order valence-corrected chi connectivity index (χ4v) is 3.13. The zero-order valence-electron chi connectivity index (χ0n) is 12.2. The third kappa shape index (κ3) is 3.72. The van der Waals surface area contributed by atoms with Gasteiger partial charge in [-0.3, -0.25) is 0 Å². The largest absolute Gasteiger partial charge is 0.390 e. The van der Waals surface area contributed by atoms with Gasteiger partial charge in [-0.05, 0) is 11.1 Å². The molecule has 1 aromatic heterocycles. The summed E-state index contributed by atoms with van der Waals surface area (Å²) in [4.78, 5) is 6.76. The van der Waals surface area contributed by atoms with Crippen LogP contribution in [0.3, 0.4) is 0 Å². The number of aliphatic hydroxyl groups excluding tert-OH is 1. The summed E-state index contributed by atoms with van der Waals surface area (Å²) in [5.41, 5.74) is 3.23. The van der Waals surface area contributed by atoms with Crippen molar-refractivity contribution in [3.8, 4) is 0 Å². The monoisotopic (exact) mass is 310 g/mol. The second-order valence-electron chi connectivity index (χ2n) is 5.11. The van der Waals surface area contributed by atoms with Gasteiger partial charge in [0.1, 0.15) is 0 Å². The summed E-state index contributed by atoms with van der Waals surface area (Å²) in [7, 11) is 0. The predicted octanol–water partition coefficient (Wildman–Crippen LogP) is 3.84. The molecule has 0 aliphatic heterocycles.